The zero-order valence-electron chi connectivity index (χ0n) is 12.3. The molecule has 0 radical (unpaired) electrons. The Morgan fingerprint density at radius 3 is 2.58 bits per heavy atom. The summed E-state index contributed by atoms with van der Waals surface area (Å²) < 4.78 is 3.23. The summed E-state index contributed by atoms with van der Waals surface area (Å²) in [7, 11) is 5.93. The number of hydrogen-bond acceptors (Lipinski definition) is 1. The molecular formula is C13H24BrIN4. The average Bonchev–Trinajstić information content (AvgIpc) is 2.57. The van der Waals surface area contributed by atoms with Crippen molar-refractivity contribution in [2.24, 2.45) is 18.0 Å². The first kappa shape index (κ1) is 18.8. The number of aryl methyl sites for hydroxylation is 1. The van der Waals surface area contributed by atoms with Gasteiger partial charge in [-0.2, -0.15) is 0 Å². The van der Waals surface area contributed by atoms with Gasteiger partial charge in [0.15, 0.2) is 5.96 Å². The molecule has 0 aliphatic carbocycles. The van der Waals surface area contributed by atoms with Crippen molar-refractivity contribution in [3.05, 3.63) is 22.4 Å². The normalized spacial score (nSPS) is 11.4. The third kappa shape index (κ3) is 6.16. The molecule has 0 spiro atoms. The van der Waals surface area contributed by atoms with Gasteiger partial charge in [-0.1, -0.05) is 13.8 Å². The standard InChI is InChI=1S/C13H23BrN4.HI/c1-10(2)7-16-13(15-3)18(5)9-12-6-11(14)8-17(12)4;/h6,8,10H,7,9H2,1-5H3,(H,15,16);1H. The van der Waals surface area contributed by atoms with Gasteiger partial charge in [-0.25, -0.2) is 0 Å². The van der Waals surface area contributed by atoms with Crippen LogP contribution in [0.1, 0.15) is 19.5 Å². The van der Waals surface area contributed by atoms with E-state index in [1.54, 1.807) is 0 Å². The largest absolute Gasteiger partial charge is 0.356 e. The summed E-state index contributed by atoms with van der Waals surface area (Å²) in [5.41, 5.74) is 1.25. The van der Waals surface area contributed by atoms with Gasteiger partial charge in [0.1, 0.15) is 0 Å². The van der Waals surface area contributed by atoms with E-state index >= 15 is 0 Å². The topological polar surface area (TPSA) is 32.6 Å². The van der Waals surface area contributed by atoms with Gasteiger partial charge in [0.05, 0.1) is 6.54 Å². The Morgan fingerprint density at radius 2 is 2.16 bits per heavy atom. The maximum atomic E-state index is 4.30. The van der Waals surface area contributed by atoms with Crippen molar-refractivity contribution in [3.63, 3.8) is 0 Å². The number of nitrogens with one attached hydrogen (secondary N) is 1. The van der Waals surface area contributed by atoms with Crippen LogP contribution in [-0.4, -0.2) is 36.1 Å². The summed E-state index contributed by atoms with van der Waals surface area (Å²) in [6.45, 7) is 6.15. The van der Waals surface area contributed by atoms with Crippen LogP contribution in [0, 0.1) is 5.92 Å². The van der Waals surface area contributed by atoms with Gasteiger partial charge in [-0.15, -0.1) is 24.0 Å². The molecule has 4 nitrogen and oxygen atoms in total. The smallest absolute Gasteiger partial charge is 0.193 e. The molecule has 0 unspecified atom stereocenters. The molecule has 0 saturated carbocycles. The third-order valence-electron chi connectivity index (χ3n) is 2.72. The van der Waals surface area contributed by atoms with Crippen LogP contribution in [0.2, 0.25) is 0 Å². The highest BCUT2D eigenvalue weighted by Gasteiger charge is 2.09. The number of guanidine groups is 1. The second-order valence-corrected chi connectivity index (χ2v) is 5.85. The Hall–Kier alpha value is -0.240. The lowest BCUT2D eigenvalue weighted by atomic mass is 10.2. The molecule has 0 saturated heterocycles. The van der Waals surface area contributed by atoms with Gasteiger partial charge >= 0.3 is 0 Å². The van der Waals surface area contributed by atoms with Gasteiger partial charge in [0.25, 0.3) is 0 Å². The molecule has 0 atom stereocenters. The van der Waals surface area contributed by atoms with Gasteiger partial charge in [-0.3, -0.25) is 4.99 Å². The van der Waals surface area contributed by atoms with Crippen LogP contribution in [0.5, 0.6) is 0 Å². The van der Waals surface area contributed by atoms with Crippen LogP contribution < -0.4 is 5.32 Å². The number of hydrogen-bond donors (Lipinski definition) is 1. The first-order valence-corrected chi connectivity index (χ1v) is 6.95. The van der Waals surface area contributed by atoms with E-state index in [0.717, 1.165) is 23.5 Å². The minimum Gasteiger partial charge on any atom is -0.356 e. The lowest BCUT2D eigenvalue weighted by Crippen LogP contribution is -2.40. The predicted molar refractivity (Wildman–Crippen MR) is 96.2 cm³/mol. The van der Waals surface area contributed by atoms with Crippen molar-refractivity contribution in [3.8, 4) is 0 Å². The van der Waals surface area contributed by atoms with Gasteiger partial charge < -0.3 is 14.8 Å². The number of nitrogens with zero attached hydrogens (tertiary/aromatic N) is 3. The van der Waals surface area contributed by atoms with Crippen molar-refractivity contribution < 1.29 is 0 Å². The maximum absolute atomic E-state index is 4.30. The monoisotopic (exact) mass is 442 g/mol. The highest BCUT2D eigenvalue weighted by atomic mass is 127. The first-order valence-electron chi connectivity index (χ1n) is 6.16. The summed E-state index contributed by atoms with van der Waals surface area (Å²) in [4.78, 5) is 6.43. The lowest BCUT2D eigenvalue weighted by Gasteiger charge is -2.23. The Bertz CT molecular complexity index is 415. The molecule has 6 heteroatoms. The Kier molecular flexibility index (Phi) is 8.73. The summed E-state index contributed by atoms with van der Waals surface area (Å²) in [6, 6.07) is 2.13. The molecule has 1 aromatic heterocycles. The van der Waals surface area contributed by atoms with Crippen LogP contribution >= 0.6 is 39.9 Å². The molecule has 0 aliphatic heterocycles. The van der Waals surface area contributed by atoms with Crippen LogP contribution in [-0.2, 0) is 13.6 Å². The van der Waals surface area contributed by atoms with Crippen LogP contribution in [0.15, 0.2) is 21.7 Å². The number of rotatable bonds is 4. The summed E-state index contributed by atoms with van der Waals surface area (Å²) in [5.74, 6) is 1.54. The average molecular weight is 443 g/mol. The number of aliphatic imine (C=N–C) groups is 1. The molecule has 0 aromatic carbocycles. The summed E-state index contributed by atoms with van der Waals surface area (Å²) in [6.07, 6.45) is 2.06. The second-order valence-electron chi connectivity index (χ2n) is 4.94. The summed E-state index contributed by atoms with van der Waals surface area (Å²) in [5, 5.41) is 3.37. The van der Waals surface area contributed by atoms with E-state index in [9.17, 15) is 0 Å². The number of halogens is 2. The fraction of sp³-hybridized carbons (Fsp3) is 0.615. The molecule has 1 aromatic rings. The maximum Gasteiger partial charge on any atom is 0.193 e. The molecule has 1 heterocycles. The Balaban J connectivity index is 0.00000324. The van der Waals surface area contributed by atoms with E-state index in [4.69, 9.17) is 0 Å². The SMILES string of the molecule is CN=C(NCC(C)C)N(C)Cc1cc(Br)cn1C.I. The molecule has 0 amide bonds. The van der Waals surface area contributed by atoms with E-state index < -0.39 is 0 Å². The quantitative estimate of drug-likeness (QED) is 0.441. The van der Waals surface area contributed by atoms with Gasteiger partial charge in [-0.05, 0) is 27.9 Å². The van der Waals surface area contributed by atoms with Crippen molar-refractivity contribution in [1.29, 1.82) is 0 Å². The molecule has 1 N–H and O–H groups in total. The van der Waals surface area contributed by atoms with Crippen LogP contribution in [0.3, 0.4) is 0 Å². The van der Waals surface area contributed by atoms with Crippen molar-refractivity contribution in [2.75, 3.05) is 20.6 Å². The fourth-order valence-electron chi connectivity index (χ4n) is 1.72. The molecular weight excluding hydrogens is 419 g/mol. The van der Waals surface area contributed by atoms with E-state index in [0.29, 0.717) is 5.92 Å². The van der Waals surface area contributed by atoms with Crippen LogP contribution in [0.25, 0.3) is 0 Å². The molecule has 0 aliphatic rings. The lowest BCUT2D eigenvalue weighted by molar-refractivity contribution is 0.454. The van der Waals surface area contributed by atoms with Crippen molar-refractivity contribution >= 4 is 45.9 Å². The van der Waals surface area contributed by atoms with Gasteiger partial charge in [0.2, 0.25) is 0 Å². The van der Waals surface area contributed by atoms with Crippen LogP contribution in [0.4, 0.5) is 0 Å². The Labute approximate surface area is 141 Å². The highest BCUT2D eigenvalue weighted by Crippen LogP contribution is 2.14. The zero-order valence-corrected chi connectivity index (χ0v) is 16.2. The highest BCUT2D eigenvalue weighted by molar-refractivity contribution is 14.0. The number of aromatic nitrogens is 1. The third-order valence-corrected chi connectivity index (χ3v) is 3.15. The van der Waals surface area contributed by atoms with Gasteiger partial charge in [0, 0.05) is 44.1 Å². The minimum atomic E-state index is 0. The second kappa shape index (κ2) is 8.84. The molecule has 19 heavy (non-hydrogen) atoms. The molecule has 110 valence electrons. The fourth-order valence-corrected chi connectivity index (χ4v) is 2.29. The Morgan fingerprint density at radius 1 is 1.53 bits per heavy atom. The molecule has 1 rings (SSSR count). The predicted octanol–water partition coefficient (Wildman–Crippen LogP) is 3.07. The molecule has 0 bridgehead atoms. The summed E-state index contributed by atoms with van der Waals surface area (Å²) >= 11 is 3.49. The first-order chi connectivity index (χ1) is 8.43. The van der Waals surface area contributed by atoms with E-state index in [-0.39, 0.29) is 24.0 Å². The van der Waals surface area contributed by atoms with Crippen molar-refractivity contribution in [2.45, 2.75) is 20.4 Å². The minimum absolute atomic E-state index is 0. The van der Waals surface area contributed by atoms with E-state index in [2.05, 4.69) is 75.9 Å². The van der Waals surface area contributed by atoms with Crippen molar-refractivity contribution in [1.82, 2.24) is 14.8 Å². The van der Waals surface area contributed by atoms with E-state index in [1.807, 2.05) is 7.05 Å². The zero-order chi connectivity index (χ0) is 13.7. The molecule has 0 fully saturated rings. The van der Waals surface area contributed by atoms with E-state index in [1.165, 1.54) is 5.69 Å².